The van der Waals surface area contributed by atoms with Gasteiger partial charge in [-0.2, -0.15) is 0 Å². The molecule has 3 nitrogen and oxygen atoms in total. The molecular weight excluding hydrogens is 118 g/mol. The van der Waals surface area contributed by atoms with Gasteiger partial charge in [0.15, 0.2) is 0 Å². The third-order valence-electron chi connectivity index (χ3n) is 0.745. The second-order valence-electron chi connectivity index (χ2n) is 1.49. The van der Waals surface area contributed by atoms with E-state index >= 15 is 0 Å². The van der Waals surface area contributed by atoms with E-state index < -0.39 is 0 Å². The van der Waals surface area contributed by atoms with Crippen LogP contribution in [0, 0.1) is 5.41 Å². The van der Waals surface area contributed by atoms with Crippen molar-refractivity contribution in [1.82, 2.24) is 0 Å². The standard InChI is InChI=1S/C6H11NO2/c1-2-6(7)9-5-3-4-8/h2,7-8H,1,3-5H2. The summed E-state index contributed by atoms with van der Waals surface area (Å²) in [6.07, 6.45) is 1.88. The van der Waals surface area contributed by atoms with E-state index in [-0.39, 0.29) is 12.5 Å². The third-order valence-corrected chi connectivity index (χ3v) is 0.745. The van der Waals surface area contributed by atoms with Crippen molar-refractivity contribution >= 4 is 5.90 Å². The number of ether oxygens (including phenoxy) is 1. The Morgan fingerprint density at radius 1 is 1.78 bits per heavy atom. The minimum atomic E-state index is 0.0588. The van der Waals surface area contributed by atoms with E-state index in [1.807, 2.05) is 0 Å². The second kappa shape index (κ2) is 5.31. The fourth-order valence-corrected chi connectivity index (χ4v) is 0.306. The van der Waals surface area contributed by atoms with Gasteiger partial charge in [-0.25, -0.2) is 0 Å². The molecule has 0 unspecified atom stereocenters. The molecule has 0 aromatic rings. The Labute approximate surface area is 54.5 Å². The average Bonchev–Trinajstić information content (AvgIpc) is 1.89. The number of hydrogen-bond donors (Lipinski definition) is 2. The zero-order valence-electron chi connectivity index (χ0n) is 5.26. The van der Waals surface area contributed by atoms with Crippen LogP contribution in [0.5, 0.6) is 0 Å². The highest BCUT2D eigenvalue weighted by Gasteiger charge is 1.87. The lowest BCUT2D eigenvalue weighted by molar-refractivity contribution is 0.227. The summed E-state index contributed by atoms with van der Waals surface area (Å²) in [4.78, 5) is 0. The van der Waals surface area contributed by atoms with Crippen LogP contribution in [0.1, 0.15) is 6.42 Å². The molecule has 0 amide bonds. The molecule has 0 spiro atoms. The van der Waals surface area contributed by atoms with Crippen LogP contribution < -0.4 is 0 Å². The Hall–Kier alpha value is -0.830. The molecule has 0 aliphatic heterocycles. The largest absolute Gasteiger partial charge is 0.478 e. The normalized spacial score (nSPS) is 8.56. The summed E-state index contributed by atoms with van der Waals surface area (Å²) in [5.41, 5.74) is 0. The molecule has 0 aliphatic carbocycles. The predicted molar refractivity (Wildman–Crippen MR) is 35.6 cm³/mol. The highest BCUT2D eigenvalue weighted by molar-refractivity contribution is 5.83. The molecule has 0 atom stereocenters. The zero-order chi connectivity index (χ0) is 7.11. The van der Waals surface area contributed by atoms with Gasteiger partial charge in [0.2, 0.25) is 5.90 Å². The van der Waals surface area contributed by atoms with Gasteiger partial charge in [-0.1, -0.05) is 6.58 Å². The van der Waals surface area contributed by atoms with Crippen molar-refractivity contribution in [3.8, 4) is 0 Å². The highest BCUT2D eigenvalue weighted by atomic mass is 16.5. The van der Waals surface area contributed by atoms with Gasteiger partial charge in [0, 0.05) is 13.0 Å². The van der Waals surface area contributed by atoms with Gasteiger partial charge >= 0.3 is 0 Å². The number of rotatable bonds is 4. The quantitative estimate of drug-likeness (QED) is 0.331. The van der Waals surface area contributed by atoms with Gasteiger partial charge in [-0.05, 0) is 6.08 Å². The summed E-state index contributed by atoms with van der Waals surface area (Å²) in [5, 5.41) is 15.2. The molecule has 0 fully saturated rings. The summed E-state index contributed by atoms with van der Waals surface area (Å²) in [6.45, 7) is 3.82. The highest BCUT2D eigenvalue weighted by Crippen LogP contribution is 1.82. The van der Waals surface area contributed by atoms with Crippen LogP contribution in [-0.2, 0) is 4.74 Å². The number of hydrogen-bond acceptors (Lipinski definition) is 3. The fraction of sp³-hybridized carbons (Fsp3) is 0.500. The average molecular weight is 129 g/mol. The van der Waals surface area contributed by atoms with Gasteiger partial charge in [0.05, 0.1) is 6.61 Å². The van der Waals surface area contributed by atoms with E-state index in [2.05, 4.69) is 6.58 Å². The monoisotopic (exact) mass is 129 g/mol. The Kier molecular flexibility index (Phi) is 4.82. The Morgan fingerprint density at radius 3 is 2.89 bits per heavy atom. The van der Waals surface area contributed by atoms with E-state index in [1.165, 1.54) is 6.08 Å². The summed E-state index contributed by atoms with van der Waals surface area (Å²) < 4.78 is 4.74. The first-order valence-corrected chi connectivity index (χ1v) is 2.76. The molecule has 52 valence electrons. The molecule has 0 saturated heterocycles. The predicted octanol–water partition coefficient (Wildman–Crippen LogP) is 0.549. The topological polar surface area (TPSA) is 53.3 Å². The van der Waals surface area contributed by atoms with E-state index in [1.54, 1.807) is 0 Å². The molecule has 0 radical (unpaired) electrons. The molecule has 3 heteroatoms. The van der Waals surface area contributed by atoms with Crippen molar-refractivity contribution in [3.63, 3.8) is 0 Å². The molecule has 2 N–H and O–H groups in total. The molecule has 0 bridgehead atoms. The van der Waals surface area contributed by atoms with Crippen LogP contribution in [0.25, 0.3) is 0 Å². The van der Waals surface area contributed by atoms with Crippen molar-refractivity contribution in [3.05, 3.63) is 12.7 Å². The molecule has 0 heterocycles. The first-order valence-electron chi connectivity index (χ1n) is 2.76. The molecule has 0 saturated carbocycles. The molecule has 0 aliphatic rings. The van der Waals surface area contributed by atoms with Crippen LogP contribution in [0.15, 0.2) is 12.7 Å². The Morgan fingerprint density at radius 2 is 2.44 bits per heavy atom. The lowest BCUT2D eigenvalue weighted by Gasteiger charge is -1.99. The van der Waals surface area contributed by atoms with Crippen LogP contribution in [0.3, 0.4) is 0 Å². The SMILES string of the molecule is C=CC(=N)OCCCO. The Balaban J connectivity index is 3.07. The van der Waals surface area contributed by atoms with Gasteiger partial charge in [-0.15, -0.1) is 0 Å². The van der Waals surface area contributed by atoms with E-state index in [0.717, 1.165) is 0 Å². The van der Waals surface area contributed by atoms with Gasteiger partial charge in [0.1, 0.15) is 0 Å². The number of aliphatic hydroxyl groups excluding tert-OH is 1. The van der Waals surface area contributed by atoms with Crippen LogP contribution in [0.4, 0.5) is 0 Å². The van der Waals surface area contributed by atoms with Crippen LogP contribution in [0.2, 0.25) is 0 Å². The summed E-state index contributed by atoms with van der Waals surface area (Å²) in [6, 6.07) is 0. The van der Waals surface area contributed by atoms with Crippen molar-refractivity contribution in [1.29, 1.82) is 5.41 Å². The van der Waals surface area contributed by atoms with Crippen molar-refractivity contribution < 1.29 is 9.84 Å². The van der Waals surface area contributed by atoms with Crippen molar-refractivity contribution in [2.45, 2.75) is 6.42 Å². The van der Waals surface area contributed by atoms with E-state index in [9.17, 15) is 0 Å². The molecule has 0 rings (SSSR count). The van der Waals surface area contributed by atoms with Crippen LogP contribution >= 0.6 is 0 Å². The molecular formula is C6H11NO2. The molecule has 0 aromatic heterocycles. The van der Waals surface area contributed by atoms with Gasteiger partial charge in [0.25, 0.3) is 0 Å². The number of nitrogens with one attached hydrogen (secondary N) is 1. The minimum absolute atomic E-state index is 0.0588. The maximum atomic E-state index is 8.28. The number of aliphatic hydroxyl groups is 1. The maximum absolute atomic E-state index is 8.28. The lowest BCUT2D eigenvalue weighted by Crippen LogP contribution is -2.02. The second-order valence-corrected chi connectivity index (χ2v) is 1.49. The van der Waals surface area contributed by atoms with E-state index in [0.29, 0.717) is 13.0 Å². The third kappa shape index (κ3) is 5.03. The summed E-state index contributed by atoms with van der Waals surface area (Å²) >= 11 is 0. The zero-order valence-corrected chi connectivity index (χ0v) is 5.26. The minimum Gasteiger partial charge on any atom is -0.478 e. The first-order chi connectivity index (χ1) is 4.31. The van der Waals surface area contributed by atoms with Gasteiger partial charge < -0.3 is 9.84 Å². The molecule has 9 heavy (non-hydrogen) atoms. The molecule has 0 aromatic carbocycles. The summed E-state index contributed by atoms with van der Waals surface area (Å²) in [7, 11) is 0. The van der Waals surface area contributed by atoms with E-state index in [4.69, 9.17) is 15.3 Å². The first kappa shape index (κ1) is 8.17. The Bertz CT molecular complexity index is 101. The van der Waals surface area contributed by atoms with Crippen LogP contribution in [-0.4, -0.2) is 24.2 Å². The summed E-state index contributed by atoms with van der Waals surface area (Å²) in [5.74, 6) is 0.0588. The van der Waals surface area contributed by atoms with Gasteiger partial charge in [-0.3, -0.25) is 5.41 Å². The van der Waals surface area contributed by atoms with Crippen molar-refractivity contribution in [2.24, 2.45) is 0 Å². The lowest BCUT2D eigenvalue weighted by atomic mass is 10.5. The maximum Gasteiger partial charge on any atom is 0.205 e. The van der Waals surface area contributed by atoms with Crippen molar-refractivity contribution in [2.75, 3.05) is 13.2 Å². The smallest absolute Gasteiger partial charge is 0.205 e. The fourth-order valence-electron chi connectivity index (χ4n) is 0.306.